The van der Waals surface area contributed by atoms with Crippen molar-refractivity contribution in [3.63, 3.8) is 0 Å². The molecule has 24 heteroatoms. The summed E-state index contributed by atoms with van der Waals surface area (Å²) < 4.78 is 55.7. The van der Waals surface area contributed by atoms with Gasteiger partial charge in [-0.1, -0.05) is 24.3 Å². The first-order chi connectivity index (χ1) is 38.1. The number of carbonyl (C=O) groups is 2. The average molecular weight is 1060 g/mol. The summed E-state index contributed by atoms with van der Waals surface area (Å²) in [4.78, 5) is 33.7. The summed E-state index contributed by atoms with van der Waals surface area (Å²) in [6.45, 7) is 8.93. The van der Waals surface area contributed by atoms with E-state index in [-0.39, 0.29) is 36.9 Å². The predicted octanol–water partition coefficient (Wildman–Crippen LogP) is 7.71. The van der Waals surface area contributed by atoms with E-state index in [1.807, 2.05) is 71.7 Å². The Labute approximate surface area is 444 Å². The molecule has 2 amide bonds. The molecule has 4 aromatic carbocycles. The van der Waals surface area contributed by atoms with E-state index in [1.165, 1.54) is 36.9 Å². The molecule has 78 heavy (non-hydrogen) atoms. The number of morpholine rings is 2. The molecule has 0 bridgehead atoms. The van der Waals surface area contributed by atoms with E-state index in [2.05, 4.69) is 62.3 Å². The van der Waals surface area contributed by atoms with Crippen LogP contribution < -0.4 is 31.9 Å². The van der Waals surface area contributed by atoms with Crippen molar-refractivity contribution in [2.75, 3.05) is 74.0 Å². The summed E-state index contributed by atoms with van der Waals surface area (Å²) >= 11 is 0. The number of benzene rings is 4. The lowest BCUT2D eigenvalue weighted by atomic mass is 10.2. The van der Waals surface area contributed by atoms with Crippen LogP contribution >= 0.6 is 0 Å². The zero-order valence-corrected chi connectivity index (χ0v) is 42.5. The van der Waals surface area contributed by atoms with Gasteiger partial charge >= 0.3 is 12.2 Å². The summed E-state index contributed by atoms with van der Waals surface area (Å²) in [7, 11) is 0. The molecule has 0 aliphatic carbocycles. The molecule has 22 nitrogen and oxygen atoms in total. The number of hydrogen-bond acceptors (Lipinski definition) is 16. The number of rotatable bonds is 14. The molecule has 6 N–H and O–H groups in total. The lowest BCUT2D eigenvalue weighted by Crippen LogP contribution is -2.44. The second kappa shape index (κ2) is 23.0. The molecular formula is C54H54F2N16O6. The summed E-state index contributed by atoms with van der Waals surface area (Å²) in [6.07, 6.45) is 8.79. The Morgan fingerprint density at radius 3 is 1.51 bits per heavy atom. The molecule has 12 rings (SSSR count). The molecule has 0 saturated carbocycles. The minimum atomic E-state index is -0.551. The molecule has 10 aromatic rings. The fourth-order valence-electron chi connectivity index (χ4n) is 9.33. The first-order valence-electron chi connectivity index (χ1n) is 25.2. The van der Waals surface area contributed by atoms with Gasteiger partial charge in [-0.3, -0.25) is 20.0 Å². The highest BCUT2D eigenvalue weighted by Gasteiger charge is 2.21. The Kier molecular flexibility index (Phi) is 15.1. The van der Waals surface area contributed by atoms with E-state index < -0.39 is 12.2 Å². The van der Waals surface area contributed by atoms with Gasteiger partial charge < -0.3 is 40.2 Å². The van der Waals surface area contributed by atoms with Crippen LogP contribution in [0.4, 0.5) is 52.8 Å². The van der Waals surface area contributed by atoms with Gasteiger partial charge in [0.05, 0.1) is 98.8 Å². The molecule has 400 valence electrons. The smallest absolute Gasteiger partial charge is 0.411 e. The number of ether oxygens (including phenoxy) is 4. The van der Waals surface area contributed by atoms with Gasteiger partial charge in [0.1, 0.15) is 48.5 Å². The second-order valence-electron chi connectivity index (χ2n) is 18.7. The van der Waals surface area contributed by atoms with E-state index in [4.69, 9.17) is 18.9 Å². The third kappa shape index (κ3) is 11.8. The number of halogens is 2. The number of carbonyl (C=O) groups excluding carboxylic acids is 2. The van der Waals surface area contributed by atoms with Crippen molar-refractivity contribution in [2.24, 2.45) is 0 Å². The highest BCUT2D eigenvalue weighted by atomic mass is 19.1. The normalized spacial score (nSPS) is 15.5. The minimum Gasteiger partial charge on any atom is -0.448 e. The Balaban J connectivity index is 0.000000165. The van der Waals surface area contributed by atoms with Crippen LogP contribution in [0.25, 0.3) is 32.8 Å². The highest BCUT2D eigenvalue weighted by molar-refractivity contribution is 5.93. The molecule has 2 aliphatic rings. The second-order valence-corrected chi connectivity index (χ2v) is 18.7. The molecule has 6 aromatic heterocycles. The van der Waals surface area contributed by atoms with Crippen LogP contribution in [0.2, 0.25) is 0 Å². The van der Waals surface area contributed by atoms with Gasteiger partial charge in [-0.25, -0.2) is 37.4 Å². The minimum absolute atomic E-state index is 0.0221. The van der Waals surface area contributed by atoms with Gasteiger partial charge in [0.15, 0.2) is 11.6 Å². The van der Waals surface area contributed by atoms with Crippen molar-refractivity contribution in [1.29, 1.82) is 0 Å². The van der Waals surface area contributed by atoms with Gasteiger partial charge in [-0.2, -0.15) is 20.4 Å². The number of aromatic nitrogens is 10. The summed E-state index contributed by atoms with van der Waals surface area (Å²) in [5.74, 6) is 0.627. The quantitative estimate of drug-likeness (QED) is 0.0611. The summed E-state index contributed by atoms with van der Waals surface area (Å²) in [6, 6.07) is 24.7. The molecule has 0 unspecified atom stereocenters. The summed E-state index contributed by atoms with van der Waals surface area (Å²) in [5, 5.41) is 38.2. The van der Waals surface area contributed by atoms with Gasteiger partial charge in [0.25, 0.3) is 0 Å². The van der Waals surface area contributed by atoms with Crippen molar-refractivity contribution in [3.8, 4) is 0 Å². The maximum absolute atomic E-state index is 13.6. The van der Waals surface area contributed by atoms with Crippen LogP contribution in [-0.2, 0) is 32.0 Å². The Morgan fingerprint density at radius 2 is 1.09 bits per heavy atom. The third-order valence-electron chi connectivity index (χ3n) is 13.2. The number of aryl methyl sites for hydroxylation is 2. The van der Waals surface area contributed by atoms with Crippen molar-refractivity contribution in [3.05, 3.63) is 156 Å². The molecule has 0 spiro atoms. The van der Waals surface area contributed by atoms with Gasteiger partial charge in [0.2, 0.25) is 0 Å². The fourth-order valence-corrected chi connectivity index (χ4v) is 9.33. The van der Waals surface area contributed by atoms with Crippen molar-refractivity contribution >= 4 is 79.4 Å². The van der Waals surface area contributed by atoms with Crippen molar-refractivity contribution in [2.45, 2.75) is 39.0 Å². The van der Waals surface area contributed by atoms with Crippen molar-refractivity contribution in [1.82, 2.24) is 59.4 Å². The zero-order valence-electron chi connectivity index (χ0n) is 42.5. The maximum Gasteiger partial charge on any atom is 0.411 e. The fraction of sp³-hybridized carbons (Fsp3) is 0.259. The van der Waals surface area contributed by atoms with Crippen LogP contribution in [0, 0.1) is 25.5 Å². The number of anilines is 6. The zero-order chi connectivity index (χ0) is 53.5. The van der Waals surface area contributed by atoms with E-state index in [0.717, 1.165) is 79.6 Å². The largest absolute Gasteiger partial charge is 0.448 e. The molecule has 0 radical (unpaired) electrons. The summed E-state index contributed by atoms with van der Waals surface area (Å²) in [5.41, 5.74) is 9.31. The molecule has 8 heterocycles. The lowest BCUT2D eigenvalue weighted by molar-refractivity contribution is 0.0492. The number of fused-ring (bicyclic) bond motifs is 4. The predicted molar refractivity (Wildman–Crippen MR) is 288 cm³/mol. The monoisotopic (exact) mass is 1060 g/mol. The number of hydrogen-bond donors (Lipinski definition) is 6. The Bertz CT molecular complexity index is 3530. The van der Waals surface area contributed by atoms with Crippen molar-refractivity contribution < 1.29 is 37.3 Å². The maximum atomic E-state index is 13.6. The molecule has 2 fully saturated rings. The average Bonchev–Trinajstić information content (AvgIpc) is 4.31. The van der Waals surface area contributed by atoms with Crippen LogP contribution in [0.5, 0.6) is 0 Å². The van der Waals surface area contributed by atoms with E-state index in [0.29, 0.717) is 62.5 Å². The van der Waals surface area contributed by atoms with Gasteiger partial charge in [-0.05, 0) is 85.6 Å². The number of nitrogens with zero attached hydrogens (tertiary/aromatic N) is 10. The lowest BCUT2D eigenvalue weighted by Gasteiger charge is -2.23. The molecular weight excluding hydrogens is 1010 g/mol. The van der Waals surface area contributed by atoms with Gasteiger partial charge in [-0.15, -0.1) is 0 Å². The Hall–Kier alpha value is -9.10. The third-order valence-corrected chi connectivity index (χ3v) is 13.2. The van der Waals surface area contributed by atoms with Crippen LogP contribution in [0.1, 0.15) is 22.3 Å². The number of amides is 2. The van der Waals surface area contributed by atoms with E-state index in [1.54, 1.807) is 46.0 Å². The topological polar surface area (TPSA) is 239 Å². The molecule has 2 atom stereocenters. The van der Waals surface area contributed by atoms with E-state index >= 15 is 0 Å². The first kappa shape index (κ1) is 51.0. The standard InChI is InChI=1S/2C27H27FN8O3/c2*1-17-23(34-27(37)39-15-22-14-38-8-7-29-22)13-36-25(17)26(30-16-32-36)33-21-5-6-24-19(10-21)11-31-35(24)12-18-3-2-4-20(28)9-18/h2*2-6,9-11,13,16,22,29H,7-8,12,14-15H2,1H3,(H,34,37)(H,30,32,33)/t2*22-/m00/s1. The van der Waals surface area contributed by atoms with Crippen LogP contribution in [0.15, 0.2) is 122 Å². The number of nitrogens with one attached hydrogen (secondary N) is 6. The van der Waals surface area contributed by atoms with Crippen LogP contribution in [0.3, 0.4) is 0 Å². The Morgan fingerprint density at radius 1 is 0.628 bits per heavy atom. The van der Waals surface area contributed by atoms with E-state index in [9.17, 15) is 18.4 Å². The highest BCUT2D eigenvalue weighted by Crippen LogP contribution is 2.32. The first-order valence-corrected chi connectivity index (χ1v) is 25.2. The van der Waals surface area contributed by atoms with Gasteiger partial charge in [0, 0.05) is 46.4 Å². The van der Waals surface area contributed by atoms with Crippen LogP contribution in [-0.4, -0.2) is 126 Å². The SMILES string of the molecule is Cc1c(NC(=O)OC[C@@H]2COCCN2)cn2ncnc(Nc3ccc4c(cnn4Cc4cccc(F)c4)c3)c12.Cc1c(NC(=O)OC[C@@H]2COCCN2)cn2ncnc(Nc3ccc4c(cnn4Cc4cccc(F)c4)c3)c12. The molecule has 2 aliphatic heterocycles. The molecule has 2 saturated heterocycles.